The van der Waals surface area contributed by atoms with Gasteiger partial charge in [0.15, 0.2) is 0 Å². The Morgan fingerprint density at radius 3 is 2.68 bits per heavy atom. The average Bonchev–Trinajstić information content (AvgIpc) is 2.36. The van der Waals surface area contributed by atoms with E-state index in [4.69, 9.17) is 4.74 Å². The van der Waals surface area contributed by atoms with Gasteiger partial charge in [-0.3, -0.25) is 0 Å². The van der Waals surface area contributed by atoms with Gasteiger partial charge in [0.25, 0.3) is 0 Å². The van der Waals surface area contributed by atoms with Gasteiger partial charge in [-0.2, -0.15) is 0 Å². The number of benzene rings is 1. The van der Waals surface area contributed by atoms with E-state index in [1.165, 1.54) is 11.1 Å². The molecule has 1 aromatic heterocycles. The molecule has 0 saturated carbocycles. The average molecular weight is 256 g/mol. The van der Waals surface area contributed by atoms with Gasteiger partial charge < -0.3 is 10.1 Å². The van der Waals surface area contributed by atoms with E-state index in [9.17, 15) is 0 Å². The van der Waals surface area contributed by atoms with Crippen molar-refractivity contribution in [2.45, 2.75) is 27.3 Å². The Hall–Kier alpha value is -1.87. The van der Waals surface area contributed by atoms with Gasteiger partial charge in [0.05, 0.1) is 0 Å². The summed E-state index contributed by atoms with van der Waals surface area (Å²) >= 11 is 0. The second-order valence-corrected chi connectivity index (χ2v) is 4.84. The summed E-state index contributed by atoms with van der Waals surface area (Å²) in [5.41, 5.74) is 4.76. The van der Waals surface area contributed by atoms with Crippen molar-refractivity contribution in [3.63, 3.8) is 0 Å². The van der Waals surface area contributed by atoms with Crippen molar-refractivity contribution in [1.82, 2.24) is 10.3 Å². The Morgan fingerprint density at radius 2 is 1.95 bits per heavy atom. The molecule has 3 heteroatoms. The number of ether oxygens (including phenoxy) is 1. The molecule has 1 aromatic carbocycles. The molecule has 2 aromatic rings. The van der Waals surface area contributed by atoms with Gasteiger partial charge in [-0.05, 0) is 62.2 Å². The predicted octanol–water partition coefficient (Wildman–Crippen LogP) is 3.52. The fraction of sp³-hybridized carbons (Fsp3) is 0.312. The molecule has 0 amide bonds. The Bertz CT molecular complexity index is 579. The van der Waals surface area contributed by atoms with E-state index in [2.05, 4.69) is 43.2 Å². The third kappa shape index (κ3) is 3.32. The smallest absolute Gasteiger partial charge is 0.219 e. The molecule has 0 fully saturated rings. The molecule has 19 heavy (non-hydrogen) atoms. The molecule has 100 valence electrons. The lowest BCUT2D eigenvalue weighted by Crippen LogP contribution is -2.05. The summed E-state index contributed by atoms with van der Waals surface area (Å²) in [7, 11) is 1.93. The first-order valence-corrected chi connectivity index (χ1v) is 6.45. The summed E-state index contributed by atoms with van der Waals surface area (Å²) < 4.78 is 5.92. The zero-order valence-corrected chi connectivity index (χ0v) is 11.9. The Labute approximate surface area is 114 Å². The van der Waals surface area contributed by atoms with E-state index >= 15 is 0 Å². The Kier molecular flexibility index (Phi) is 4.17. The van der Waals surface area contributed by atoms with Crippen molar-refractivity contribution in [3.8, 4) is 11.6 Å². The van der Waals surface area contributed by atoms with Gasteiger partial charge in [-0.25, -0.2) is 4.98 Å². The van der Waals surface area contributed by atoms with Gasteiger partial charge in [-0.1, -0.05) is 6.07 Å². The molecule has 0 aliphatic rings. The molecular weight excluding hydrogens is 236 g/mol. The van der Waals surface area contributed by atoms with Crippen LogP contribution in [0.3, 0.4) is 0 Å². The number of nitrogens with zero attached hydrogens (tertiary/aromatic N) is 1. The molecule has 3 nitrogen and oxygen atoms in total. The number of aromatic nitrogens is 1. The molecule has 2 rings (SSSR count). The van der Waals surface area contributed by atoms with Crippen LogP contribution in [0.2, 0.25) is 0 Å². The van der Waals surface area contributed by atoms with Crippen LogP contribution in [0, 0.1) is 20.8 Å². The summed E-state index contributed by atoms with van der Waals surface area (Å²) in [5.74, 6) is 1.52. The number of nitrogens with one attached hydrogen (secondary N) is 1. The number of hydrogen-bond donors (Lipinski definition) is 1. The largest absolute Gasteiger partial charge is 0.439 e. The molecule has 0 bridgehead atoms. The zero-order valence-electron chi connectivity index (χ0n) is 11.9. The Morgan fingerprint density at radius 1 is 1.16 bits per heavy atom. The molecular formula is C16H20N2O. The summed E-state index contributed by atoms with van der Waals surface area (Å²) in [5, 5.41) is 3.12. The van der Waals surface area contributed by atoms with Crippen molar-refractivity contribution < 1.29 is 4.74 Å². The highest BCUT2D eigenvalue weighted by Crippen LogP contribution is 2.27. The van der Waals surface area contributed by atoms with Gasteiger partial charge in [0, 0.05) is 18.8 Å². The SMILES string of the molecule is CNCc1ccnc(Oc2cc(C)cc(C)c2C)c1. The highest BCUT2D eigenvalue weighted by Gasteiger charge is 2.06. The van der Waals surface area contributed by atoms with Crippen LogP contribution in [0.5, 0.6) is 11.6 Å². The van der Waals surface area contributed by atoms with Gasteiger partial charge >= 0.3 is 0 Å². The lowest BCUT2D eigenvalue weighted by atomic mass is 10.1. The Balaban J connectivity index is 2.28. The van der Waals surface area contributed by atoms with Gasteiger partial charge in [-0.15, -0.1) is 0 Å². The van der Waals surface area contributed by atoms with Crippen molar-refractivity contribution in [2.75, 3.05) is 7.05 Å². The van der Waals surface area contributed by atoms with Crippen molar-refractivity contribution in [3.05, 3.63) is 52.7 Å². The number of rotatable bonds is 4. The minimum Gasteiger partial charge on any atom is -0.439 e. The summed E-state index contributed by atoms with van der Waals surface area (Å²) in [6.07, 6.45) is 1.78. The van der Waals surface area contributed by atoms with Crippen LogP contribution in [0.25, 0.3) is 0 Å². The standard InChI is InChI=1S/C16H20N2O/c1-11-7-12(2)13(3)15(8-11)19-16-9-14(10-17-4)5-6-18-16/h5-9,17H,10H2,1-4H3. The molecule has 0 radical (unpaired) electrons. The number of aryl methyl sites for hydroxylation is 2. The van der Waals surface area contributed by atoms with Crippen LogP contribution in [0.15, 0.2) is 30.5 Å². The molecule has 1 heterocycles. The predicted molar refractivity (Wildman–Crippen MR) is 77.7 cm³/mol. The molecule has 0 unspecified atom stereocenters. The van der Waals surface area contributed by atoms with Crippen LogP contribution in [-0.2, 0) is 6.54 Å². The lowest BCUT2D eigenvalue weighted by molar-refractivity contribution is 0.457. The van der Waals surface area contributed by atoms with Crippen LogP contribution < -0.4 is 10.1 Å². The molecule has 0 aliphatic carbocycles. The highest BCUT2D eigenvalue weighted by atomic mass is 16.5. The van der Waals surface area contributed by atoms with E-state index in [0.29, 0.717) is 5.88 Å². The summed E-state index contributed by atoms with van der Waals surface area (Å²) in [6, 6.07) is 8.16. The highest BCUT2D eigenvalue weighted by molar-refractivity contribution is 5.43. The number of hydrogen-bond acceptors (Lipinski definition) is 3. The first-order valence-electron chi connectivity index (χ1n) is 6.45. The second-order valence-electron chi connectivity index (χ2n) is 4.84. The third-order valence-corrected chi connectivity index (χ3v) is 3.16. The van der Waals surface area contributed by atoms with Crippen LogP contribution in [0.1, 0.15) is 22.3 Å². The summed E-state index contributed by atoms with van der Waals surface area (Å²) in [6.45, 7) is 7.05. The quantitative estimate of drug-likeness (QED) is 0.908. The maximum absolute atomic E-state index is 5.92. The normalized spacial score (nSPS) is 10.5. The minimum absolute atomic E-state index is 0.640. The van der Waals surface area contributed by atoms with E-state index in [0.717, 1.165) is 23.4 Å². The minimum atomic E-state index is 0.640. The lowest BCUT2D eigenvalue weighted by Gasteiger charge is -2.12. The van der Waals surface area contributed by atoms with E-state index in [-0.39, 0.29) is 0 Å². The van der Waals surface area contributed by atoms with Crippen LogP contribution in [-0.4, -0.2) is 12.0 Å². The third-order valence-electron chi connectivity index (χ3n) is 3.16. The fourth-order valence-corrected chi connectivity index (χ4v) is 2.04. The maximum Gasteiger partial charge on any atom is 0.219 e. The molecule has 0 atom stereocenters. The van der Waals surface area contributed by atoms with Crippen molar-refractivity contribution in [1.29, 1.82) is 0 Å². The van der Waals surface area contributed by atoms with Gasteiger partial charge in [0.1, 0.15) is 5.75 Å². The van der Waals surface area contributed by atoms with Crippen molar-refractivity contribution >= 4 is 0 Å². The van der Waals surface area contributed by atoms with E-state index < -0.39 is 0 Å². The maximum atomic E-state index is 5.92. The molecule has 0 aliphatic heterocycles. The zero-order chi connectivity index (χ0) is 13.8. The van der Waals surface area contributed by atoms with E-state index in [1.54, 1.807) is 6.20 Å². The topological polar surface area (TPSA) is 34.2 Å². The first kappa shape index (κ1) is 13.6. The van der Waals surface area contributed by atoms with Crippen LogP contribution >= 0.6 is 0 Å². The monoisotopic (exact) mass is 256 g/mol. The molecule has 0 saturated heterocycles. The van der Waals surface area contributed by atoms with Gasteiger partial charge in [0.2, 0.25) is 5.88 Å². The molecule has 0 spiro atoms. The number of pyridine rings is 1. The van der Waals surface area contributed by atoms with E-state index in [1.807, 2.05) is 19.2 Å². The first-order chi connectivity index (χ1) is 9.10. The summed E-state index contributed by atoms with van der Waals surface area (Å²) in [4.78, 5) is 4.27. The molecule has 1 N–H and O–H groups in total. The van der Waals surface area contributed by atoms with Crippen LogP contribution in [0.4, 0.5) is 0 Å². The second kappa shape index (κ2) is 5.85. The van der Waals surface area contributed by atoms with Crippen molar-refractivity contribution in [2.24, 2.45) is 0 Å². The fourth-order valence-electron chi connectivity index (χ4n) is 2.04.